The number of amides is 2. The van der Waals surface area contributed by atoms with Crippen molar-refractivity contribution in [2.75, 3.05) is 19.6 Å². The van der Waals surface area contributed by atoms with Crippen molar-refractivity contribution in [2.24, 2.45) is 0 Å². The Morgan fingerprint density at radius 3 is 2.33 bits per heavy atom. The summed E-state index contributed by atoms with van der Waals surface area (Å²) in [5.41, 5.74) is 0. The van der Waals surface area contributed by atoms with Crippen molar-refractivity contribution in [3.8, 4) is 0 Å². The number of nitrogens with zero attached hydrogens (tertiary/aromatic N) is 1. The molecule has 0 aromatic heterocycles. The highest BCUT2D eigenvalue weighted by Gasteiger charge is 2.20. The van der Waals surface area contributed by atoms with Gasteiger partial charge in [-0.2, -0.15) is 0 Å². The van der Waals surface area contributed by atoms with E-state index in [1.165, 1.54) is 0 Å². The van der Waals surface area contributed by atoms with Gasteiger partial charge in [0.15, 0.2) is 0 Å². The van der Waals surface area contributed by atoms with E-state index in [0.717, 1.165) is 6.42 Å². The van der Waals surface area contributed by atoms with Gasteiger partial charge < -0.3 is 10.2 Å². The molecule has 88 valence electrons. The fourth-order valence-corrected chi connectivity index (χ4v) is 1.43. The molecule has 0 aromatic carbocycles. The van der Waals surface area contributed by atoms with Crippen molar-refractivity contribution in [3.63, 3.8) is 0 Å². The lowest BCUT2D eigenvalue weighted by atomic mass is 10.3. The van der Waals surface area contributed by atoms with Crippen molar-refractivity contribution < 1.29 is 9.59 Å². The zero-order valence-corrected chi connectivity index (χ0v) is 11.1. The number of hydrogen-bond donors (Lipinski definition) is 1. The molecule has 4 nitrogen and oxygen atoms in total. The highest BCUT2D eigenvalue weighted by molar-refractivity contribution is 9.10. The highest BCUT2D eigenvalue weighted by Crippen LogP contribution is 2.08. The first-order valence-electron chi connectivity index (χ1n) is 5.26. The minimum absolute atomic E-state index is 0.0220. The van der Waals surface area contributed by atoms with Gasteiger partial charge in [-0.1, -0.05) is 22.9 Å². The van der Waals surface area contributed by atoms with Gasteiger partial charge >= 0.3 is 0 Å². The van der Waals surface area contributed by atoms with Crippen molar-refractivity contribution in [3.05, 3.63) is 0 Å². The Hall–Kier alpha value is -0.580. The highest BCUT2D eigenvalue weighted by atomic mass is 79.9. The minimum Gasteiger partial charge on any atom is -0.355 e. The standard InChI is InChI=1S/C10H19BrN2O2/c1-4-8(11)10(15)13(6-3)7-9(14)12-5-2/h8H,4-7H2,1-3H3,(H,12,14). The monoisotopic (exact) mass is 278 g/mol. The summed E-state index contributed by atoms with van der Waals surface area (Å²) in [7, 11) is 0. The third kappa shape index (κ3) is 5.16. The average Bonchev–Trinajstić information content (AvgIpc) is 2.24. The fraction of sp³-hybridized carbons (Fsp3) is 0.800. The van der Waals surface area contributed by atoms with Gasteiger partial charge in [0, 0.05) is 13.1 Å². The van der Waals surface area contributed by atoms with Gasteiger partial charge in [-0.25, -0.2) is 0 Å². The van der Waals surface area contributed by atoms with E-state index in [1.54, 1.807) is 4.90 Å². The zero-order chi connectivity index (χ0) is 11.8. The predicted molar refractivity (Wildman–Crippen MR) is 63.9 cm³/mol. The van der Waals surface area contributed by atoms with Crippen LogP contribution in [0.3, 0.4) is 0 Å². The molecule has 0 bridgehead atoms. The number of carbonyl (C=O) groups excluding carboxylic acids is 2. The van der Waals surface area contributed by atoms with Gasteiger partial charge in [-0.05, 0) is 20.3 Å². The fourth-order valence-electron chi connectivity index (χ4n) is 1.14. The SMILES string of the molecule is CCNC(=O)CN(CC)C(=O)C(Br)CC. The topological polar surface area (TPSA) is 49.4 Å². The molecule has 0 aliphatic heterocycles. The van der Waals surface area contributed by atoms with Crippen LogP contribution >= 0.6 is 15.9 Å². The van der Waals surface area contributed by atoms with Crippen LogP contribution in [0.15, 0.2) is 0 Å². The minimum atomic E-state index is -0.188. The summed E-state index contributed by atoms with van der Waals surface area (Å²) < 4.78 is 0. The quantitative estimate of drug-likeness (QED) is 0.741. The van der Waals surface area contributed by atoms with Gasteiger partial charge in [0.05, 0.1) is 11.4 Å². The van der Waals surface area contributed by atoms with Crippen molar-refractivity contribution in [1.82, 2.24) is 10.2 Å². The van der Waals surface area contributed by atoms with Crippen LogP contribution in [-0.2, 0) is 9.59 Å². The Kier molecular flexibility index (Phi) is 7.38. The molecule has 0 aliphatic carbocycles. The lowest BCUT2D eigenvalue weighted by Gasteiger charge is -2.22. The molecule has 1 unspecified atom stereocenters. The summed E-state index contributed by atoms with van der Waals surface area (Å²) in [6, 6.07) is 0. The number of halogens is 1. The van der Waals surface area contributed by atoms with Crippen molar-refractivity contribution >= 4 is 27.7 Å². The Morgan fingerprint density at radius 1 is 1.33 bits per heavy atom. The zero-order valence-electron chi connectivity index (χ0n) is 9.55. The van der Waals surface area contributed by atoms with Crippen LogP contribution in [-0.4, -0.2) is 41.2 Å². The van der Waals surface area contributed by atoms with Crippen LogP contribution in [0.5, 0.6) is 0 Å². The van der Waals surface area contributed by atoms with Crippen LogP contribution in [0, 0.1) is 0 Å². The summed E-state index contributed by atoms with van der Waals surface area (Å²) in [5.74, 6) is -0.130. The first kappa shape index (κ1) is 14.4. The number of carbonyl (C=O) groups is 2. The predicted octanol–water partition coefficient (Wildman–Crippen LogP) is 1.14. The van der Waals surface area contributed by atoms with E-state index in [0.29, 0.717) is 13.1 Å². The number of rotatable bonds is 6. The van der Waals surface area contributed by atoms with Crippen LogP contribution in [0.4, 0.5) is 0 Å². The molecular weight excluding hydrogens is 260 g/mol. The normalized spacial score (nSPS) is 12.0. The van der Waals surface area contributed by atoms with Gasteiger partial charge in [0.25, 0.3) is 0 Å². The molecule has 1 atom stereocenters. The summed E-state index contributed by atoms with van der Waals surface area (Å²) >= 11 is 3.29. The first-order valence-corrected chi connectivity index (χ1v) is 6.17. The number of alkyl halides is 1. The number of likely N-dealkylation sites (N-methyl/N-ethyl adjacent to an activating group) is 2. The van der Waals surface area contributed by atoms with E-state index in [4.69, 9.17) is 0 Å². The molecule has 0 saturated heterocycles. The molecule has 0 aromatic rings. The Morgan fingerprint density at radius 2 is 1.93 bits per heavy atom. The van der Waals surface area contributed by atoms with Crippen molar-refractivity contribution in [1.29, 1.82) is 0 Å². The summed E-state index contributed by atoms with van der Waals surface area (Å²) in [6.45, 7) is 6.94. The van der Waals surface area contributed by atoms with E-state index in [9.17, 15) is 9.59 Å². The lowest BCUT2D eigenvalue weighted by molar-refractivity contribution is -0.135. The number of hydrogen-bond acceptors (Lipinski definition) is 2. The van der Waals surface area contributed by atoms with Crippen LogP contribution in [0.2, 0.25) is 0 Å². The molecule has 0 rings (SSSR count). The maximum absolute atomic E-state index is 11.7. The molecule has 0 spiro atoms. The van der Waals surface area contributed by atoms with Crippen LogP contribution < -0.4 is 5.32 Å². The molecular formula is C10H19BrN2O2. The van der Waals surface area contributed by atoms with Gasteiger partial charge in [-0.15, -0.1) is 0 Å². The summed E-state index contributed by atoms with van der Waals surface area (Å²) in [6.07, 6.45) is 0.727. The second-order valence-corrected chi connectivity index (χ2v) is 4.29. The third-order valence-electron chi connectivity index (χ3n) is 2.03. The number of nitrogens with one attached hydrogen (secondary N) is 1. The molecule has 0 heterocycles. The summed E-state index contributed by atoms with van der Waals surface area (Å²) in [4.78, 5) is 24.4. The lowest BCUT2D eigenvalue weighted by Crippen LogP contribution is -2.43. The van der Waals surface area contributed by atoms with E-state index in [-0.39, 0.29) is 23.2 Å². The molecule has 15 heavy (non-hydrogen) atoms. The average molecular weight is 279 g/mol. The van der Waals surface area contributed by atoms with E-state index in [2.05, 4.69) is 21.2 Å². The molecule has 0 fully saturated rings. The van der Waals surface area contributed by atoms with Gasteiger partial charge in [0.2, 0.25) is 11.8 Å². The van der Waals surface area contributed by atoms with E-state index >= 15 is 0 Å². The van der Waals surface area contributed by atoms with E-state index in [1.807, 2.05) is 20.8 Å². The van der Waals surface area contributed by atoms with Crippen molar-refractivity contribution in [2.45, 2.75) is 32.0 Å². The second-order valence-electron chi connectivity index (χ2n) is 3.18. The maximum Gasteiger partial charge on any atom is 0.239 e. The molecule has 5 heteroatoms. The molecule has 1 N–H and O–H groups in total. The maximum atomic E-state index is 11.7. The molecule has 0 radical (unpaired) electrons. The largest absolute Gasteiger partial charge is 0.355 e. The molecule has 0 aliphatic rings. The third-order valence-corrected chi connectivity index (χ3v) is 3.07. The molecule has 2 amide bonds. The molecule has 0 saturated carbocycles. The van der Waals surface area contributed by atoms with Gasteiger partial charge in [-0.3, -0.25) is 9.59 Å². The van der Waals surface area contributed by atoms with Gasteiger partial charge in [0.1, 0.15) is 0 Å². The van der Waals surface area contributed by atoms with E-state index < -0.39 is 0 Å². The Bertz CT molecular complexity index is 221. The Labute approximate surface area is 99.5 Å². The Balaban J connectivity index is 4.24. The van der Waals surface area contributed by atoms with Crippen LogP contribution in [0.25, 0.3) is 0 Å². The smallest absolute Gasteiger partial charge is 0.239 e. The summed E-state index contributed by atoms with van der Waals surface area (Å²) in [5, 5.41) is 2.67. The van der Waals surface area contributed by atoms with Crippen LogP contribution in [0.1, 0.15) is 27.2 Å². The second kappa shape index (κ2) is 7.68. The first-order chi connectivity index (χ1) is 7.06.